The standard InChI is InChI=1S/C16H20BrNO4/c1-21-15(19)7-8-18(11-14-6-3-9-22-14)16(20)12-4-2-5-13(17)10-12/h2,4-5,10,14H,3,6-9,11H2,1H3. The summed E-state index contributed by atoms with van der Waals surface area (Å²) in [7, 11) is 1.35. The van der Waals surface area contributed by atoms with Gasteiger partial charge < -0.3 is 14.4 Å². The van der Waals surface area contributed by atoms with E-state index in [-0.39, 0.29) is 24.4 Å². The highest BCUT2D eigenvalue weighted by molar-refractivity contribution is 9.10. The van der Waals surface area contributed by atoms with E-state index in [2.05, 4.69) is 20.7 Å². The number of esters is 1. The van der Waals surface area contributed by atoms with Gasteiger partial charge in [-0.05, 0) is 31.0 Å². The number of nitrogens with zero attached hydrogens (tertiary/aromatic N) is 1. The van der Waals surface area contributed by atoms with Crippen LogP contribution in [0, 0.1) is 0 Å². The molecule has 22 heavy (non-hydrogen) atoms. The molecule has 1 aromatic rings. The normalized spacial score (nSPS) is 17.3. The van der Waals surface area contributed by atoms with Crippen molar-refractivity contribution in [3.05, 3.63) is 34.3 Å². The maximum atomic E-state index is 12.7. The number of hydrogen-bond acceptors (Lipinski definition) is 4. The summed E-state index contributed by atoms with van der Waals surface area (Å²) in [6.45, 7) is 1.57. The van der Waals surface area contributed by atoms with Crippen molar-refractivity contribution in [2.45, 2.75) is 25.4 Å². The third kappa shape index (κ3) is 4.81. The quantitative estimate of drug-likeness (QED) is 0.723. The van der Waals surface area contributed by atoms with Gasteiger partial charge in [-0.3, -0.25) is 9.59 Å². The molecule has 0 spiro atoms. The Balaban J connectivity index is 2.07. The van der Waals surface area contributed by atoms with E-state index in [1.54, 1.807) is 17.0 Å². The van der Waals surface area contributed by atoms with E-state index in [1.165, 1.54) is 7.11 Å². The number of benzene rings is 1. The van der Waals surface area contributed by atoms with E-state index < -0.39 is 0 Å². The Kier molecular flexibility index (Phi) is 6.39. The van der Waals surface area contributed by atoms with Crippen molar-refractivity contribution in [3.63, 3.8) is 0 Å². The third-order valence-electron chi connectivity index (χ3n) is 3.62. The number of carbonyl (C=O) groups is 2. The van der Waals surface area contributed by atoms with Crippen LogP contribution in [0.2, 0.25) is 0 Å². The lowest BCUT2D eigenvalue weighted by Crippen LogP contribution is -2.38. The van der Waals surface area contributed by atoms with Crippen LogP contribution in [-0.2, 0) is 14.3 Å². The van der Waals surface area contributed by atoms with Gasteiger partial charge in [0.05, 0.1) is 19.6 Å². The molecular weight excluding hydrogens is 350 g/mol. The average Bonchev–Trinajstić information content (AvgIpc) is 3.03. The lowest BCUT2D eigenvalue weighted by molar-refractivity contribution is -0.140. The SMILES string of the molecule is COC(=O)CCN(CC1CCCO1)C(=O)c1cccc(Br)c1. The minimum Gasteiger partial charge on any atom is -0.469 e. The van der Waals surface area contributed by atoms with Gasteiger partial charge in [0.25, 0.3) is 5.91 Å². The summed E-state index contributed by atoms with van der Waals surface area (Å²) in [6, 6.07) is 7.24. The summed E-state index contributed by atoms with van der Waals surface area (Å²) in [4.78, 5) is 25.7. The van der Waals surface area contributed by atoms with Crippen LogP contribution in [0.15, 0.2) is 28.7 Å². The molecule has 2 rings (SSSR count). The lowest BCUT2D eigenvalue weighted by Gasteiger charge is -2.25. The molecule has 0 N–H and O–H groups in total. The molecule has 0 saturated carbocycles. The molecule has 0 aromatic heterocycles. The van der Waals surface area contributed by atoms with Gasteiger partial charge in [-0.1, -0.05) is 22.0 Å². The van der Waals surface area contributed by atoms with Crippen LogP contribution in [0.25, 0.3) is 0 Å². The summed E-state index contributed by atoms with van der Waals surface area (Å²) < 4.78 is 11.1. The van der Waals surface area contributed by atoms with E-state index in [4.69, 9.17) is 4.74 Å². The van der Waals surface area contributed by atoms with Crippen LogP contribution in [-0.4, -0.2) is 49.7 Å². The van der Waals surface area contributed by atoms with Crippen molar-refractivity contribution in [2.75, 3.05) is 26.8 Å². The van der Waals surface area contributed by atoms with Gasteiger partial charge in [-0.2, -0.15) is 0 Å². The molecule has 0 bridgehead atoms. The molecule has 1 atom stereocenters. The first-order chi connectivity index (χ1) is 10.6. The summed E-state index contributed by atoms with van der Waals surface area (Å²) in [5.74, 6) is -0.417. The molecule has 120 valence electrons. The van der Waals surface area contributed by atoms with Crippen LogP contribution >= 0.6 is 15.9 Å². The van der Waals surface area contributed by atoms with E-state index in [9.17, 15) is 9.59 Å². The molecule has 1 saturated heterocycles. The smallest absolute Gasteiger partial charge is 0.307 e. The average molecular weight is 370 g/mol. The van der Waals surface area contributed by atoms with Crippen LogP contribution in [0.3, 0.4) is 0 Å². The number of ether oxygens (including phenoxy) is 2. The highest BCUT2D eigenvalue weighted by atomic mass is 79.9. The third-order valence-corrected chi connectivity index (χ3v) is 4.11. The van der Waals surface area contributed by atoms with Crippen molar-refractivity contribution in [1.29, 1.82) is 0 Å². The van der Waals surface area contributed by atoms with Gasteiger partial charge in [0.15, 0.2) is 0 Å². The minimum atomic E-state index is -0.320. The van der Waals surface area contributed by atoms with Gasteiger partial charge >= 0.3 is 5.97 Å². The highest BCUT2D eigenvalue weighted by Crippen LogP contribution is 2.17. The molecule has 1 heterocycles. The number of methoxy groups -OCH3 is 1. The molecule has 1 aliphatic heterocycles. The van der Waals surface area contributed by atoms with Crippen molar-refractivity contribution >= 4 is 27.8 Å². The molecular formula is C16H20BrNO4. The van der Waals surface area contributed by atoms with E-state index in [0.29, 0.717) is 18.7 Å². The Bertz CT molecular complexity index is 529. The van der Waals surface area contributed by atoms with E-state index in [1.807, 2.05) is 12.1 Å². The van der Waals surface area contributed by atoms with Crippen molar-refractivity contribution in [2.24, 2.45) is 0 Å². The largest absolute Gasteiger partial charge is 0.469 e. The Labute approximate surface area is 138 Å². The number of hydrogen-bond donors (Lipinski definition) is 0. The second-order valence-corrected chi connectivity index (χ2v) is 6.14. The maximum Gasteiger partial charge on any atom is 0.307 e. The summed E-state index contributed by atoms with van der Waals surface area (Å²) in [5, 5.41) is 0. The predicted molar refractivity (Wildman–Crippen MR) is 85.7 cm³/mol. The van der Waals surface area contributed by atoms with Gasteiger partial charge in [0.2, 0.25) is 0 Å². The second-order valence-electron chi connectivity index (χ2n) is 5.22. The first-order valence-corrected chi connectivity index (χ1v) is 8.12. The van der Waals surface area contributed by atoms with E-state index >= 15 is 0 Å². The van der Waals surface area contributed by atoms with Gasteiger partial charge in [-0.25, -0.2) is 0 Å². The molecule has 1 unspecified atom stereocenters. The molecule has 1 amide bonds. The van der Waals surface area contributed by atoms with Crippen LogP contribution in [0.5, 0.6) is 0 Å². The highest BCUT2D eigenvalue weighted by Gasteiger charge is 2.24. The molecule has 5 nitrogen and oxygen atoms in total. The summed E-state index contributed by atoms with van der Waals surface area (Å²) in [6.07, 6.45) is 2.19. The lowest BCUT2D eigenvalue weighted by atomic mass is 10.1. The fourth-order valence-corrected chi connectivity index (χ4v) is 2.84. The zero-order valence-electron chi connectivity index (χ0n) is 12.6. The Hall–Kier alpha value is -1.40. The molecule has 0 radical (unpaired) electrons. The van der Waals surface area contributed by atoms with Crippen molar-refractivity contribution < 1.29 is 19.1 Å². The number of rotatable bonds is 6. The maximum absolute atomic E-state index is 12.7. The molecule has 1 aromatic carbocycles. The minimum absolute atomic E-state index is 0.0498. The van der Waals surface area contributed by atoms with Crippen molar-refractivity contribution in [3.8, 4) is 0 Å². The van der Waals surface area contributed by atoms with Crippen LogP contribution < -0.4 is 0 Å². The van der Waals surface area contributed by atoms with Crippen LogP contribution in [0.4, 0.5) is 0 Å². The monoisotopic (exact) mass is 369 g/mol. The summed E-state index contributed by atoms with van der Waals surface area (Å²) >= 11 is 3.37. The molecule has 1 aliphatic rings. The first-order valence-electron chi connectivity index (χ1n) is 7.33. The topological polar surface area (TPSA) is 55.8 Å². The summed E-state index contributed by atoms with van der Waals surface area (Å²) in [5.41, 5.74) is 0.595. The molecule has 6 heteroatoms. The van der Waals surface area contributed by atoms with Gasteiger partial charge in [-0.15, -0.1) is 0 Å². The Morgan fingerprint density at radius 3 is 2.91 bits per heavy atom. The Morgan fingerprint density at radius 2 is 2.27 bits per heavy atom. The number of halogens is 1. The van der Waals surface area contributed by atoms with Crippen LogP contribution in [0.1, 0.15) is 29.6 Å². The fourth-order valence-electron chi connectivity index (χ4n) is 2.44. The van der Waals surface area contributed by atoms with E-state index in [0.717, 1.165) is 23.9 Å². The predicted octanol–water partition coefficient (Wildman–Crippen LogP) is 2.63. The van der Waals surface area contributed by atoms with Gasteiger partial charge in [0, 0.05) is 29.7 Å². The van der Waals surface area contributed by atoms with Crippen molar-refractivity contribution in [1.82, 2.24) is 4.90 Å². The number of carbonyl (C=O) groups excluding carboxylic acids is 2. The fraction of sp³-hybridized carbons (Fsp3) is 0.500. The first kappa shape index (κ1) is 17.0. The molecule has 0 aliphatic carbocycles. The second kappa shape index (κ2) is 8.29. The number of amides is 1. The van der Waals surface area contributed by atoms with Gasteiger partial charge in [0.1, 0.15) is 0 Å². The zero-order valence-corrected chi connectivity index (χ0v) is 14.2. The Morgan fingerprint density at radius 1 is 1.45 bits per heavy atom. The zero-order chi connectivity index (χ0) is 15.9. The molecule has 1 fully saturated rings.